The van der Waals surface area contributed by atoms with Crippen LogP contribution in [0.5, 0.6) is 11.8 Å². The highest BCUT2D eigenvalue weighted by atomic mass is 16.6. The standard InChI is InChI=1S/C14H16N2O2/c1-10-2-6-13(7-3-10)18-14-16-12(9-17-14)8-15-11-4-5-11/h2-3,6-7,9,11,15H,4-5,8H2,1H3. The van der Waals surface area contributed by atoms with Crippen LogP contribution in [0.3, 0.4) is 0 Å². The number of rotatable bonds is 5. The largest absolute Gasteiger partial charge is 0.417 e. The normalized spacial score (nSPS) is 14.7. The third-order valence-corrected chi connectivity index (χ3v) is 2.91. The molecule has 0 aliphatic heterocycles. The smallest absolute Gasteiger partial charge is 0.399 e. The van der Waals surface area contributed by atoms with Crippen molar-refractivity contribution in [3.05, 3.63) is 41.8 Å². The van der Waals surface area contributed by atoms with Crippen LogP contribution in [-0.2, 0) is 6.54 Å². The summed E-state index contributed by atoms with van der Waals surface area (Å²) in [6, 6.07) is 8.47. The molecule has 1 aliphatic carbocycles. The number of oxazole rings is 1. The van der Waals surface area contributed by atoms with Crippen molar-refractivity contribution in [2.75, 3.05) is 0 Å². The Hall–Kier alpha value is -1.81. The first-order valence-corrected chi connectivity index (χ1v) is 6.22. The minimum absolute atomic E-state index is 0.298. The van der Waals surface area contributed by atoms with E-state index >= 15 is 0 Å². The third-order valence-electron chi connectivity index (χ3n) is 2.91. The minimum Gasteiger partial charge on any atom is -0.417 e. The van der Waals surface area contributed by atoms with E-state index in [1.807, 2.05) is 31.2 Å². The zero-order valence-electron chi connectivity index (χ0n) is 10.3. The average molecular weight is 244 g/mol. The van der Waals surface area contributed by atoms with Crippen LogP contribution < -0.4 is 10.1 Å². The summed E-state index contributed by atoms with van der Waals surface area (Å²) in [4.78, 5) is 4.28. The molecule has 0 unspecified atom stereocenters. The molecule has 1 saturated carbocycles. The van der Waals surface area contributed by atoms with Gasteiger partial charge in [-0.2, -0.15) is 4.98 Å². The van der Waals surface area contributed by atoms with E-state index in [4.69, 9.17) is 9.15 Å². The third kappa shape index (κ3) is 2.90. The topological polar surface area (TPSA) is 47.3 Å². The maximum Gasteiger partial charge on any atom is 0.399 e. The molecule has 18 heavy (non-hydrogen) atoms. The number of nitrogens with one attached hydrogen (secondary N) is 1. The predicted octanol–water partition coefficient (Wildman–Crippen LogP) is 3.03. The zero-order valence-corrected chi connectivity index (χ0v) is 10.3. The van der Waals surface area contributed by atoms with E-state index < -0.39 is 0 Å². The van der Waals surface area contributed by atoms with Crippen molar-refractivity contribution < 1.29 is 9.15 Å². The monoisotopic (exact) mass is 244 g/mol. The number of ether oxygens (including phenoxy) is 1. The number of hydrogen-bond donors (Lipinski definition) is 1. The highest BCUT2D eigenvalue weighted by molar-refractivity contribution is 5.28. The molecule has 1 fully saturated rings. The van der Waals surface area contributed by atoms with Crippen LogP contribution in [0, 0.1) is 6.92 Å². The van der Waals surface area contributed by atoms with Crippen LogP contribution in [0.15, 0.2) is 34.9 Å². The Morgan fingerprint density at radius 2 is 2.11 bits per heavy atom. The molecule has 1 N–H and O–H groups in total. The van der Waals surface area contributed by atoms with Gasteiger partial charge >= 0.3 is 6.08 Å². The Labute approximate surface area is 106 Å². The number of hydrogen-bond acceptors (Lipinski definition) is 4. The lowest BCUT2D eigenvalue weighted by molar-refractivity contribution is 0.330. The number of benzene rings is 1. The van der Waals surface area contributed by atoms with Crippen molar-refractivity contribution in [2.24, 2.45) is 0 Å². The van der Waals surface area contributed by atoms with Gasteiger partial charge < -0.3 is 14.5 Å². The molecular formula is C14H16N2O2. The fourth-order valence-electron chi connectivity index (χ4n) is 1.66. The summed E-state index contributed by atoms with van der Waals surface area (Å²) in [5, 5.41) is 3.38. The van der Waals surface area contributed by atoms with Crippen LogP contribution in [0.1, 0.15) is 24.1 Å². The lowest BCUT2D eigenvalue weighted by atomic mass is 10.2. The van der Waals surface area contributed by atoms with E-state index in [0.717, 1.165) is 18.0 Å². The van der Waals surface area contributed by atoms with Gasteiger partial charge in [0, 0.05) is 12.6 Å². The molecule has 0 atom stereocenters. The number of aromatic nitrogens is 1. The Balaban J connectivity index is 1.60. The summed E-state index contributed by atoms with van der Waals surface area (Å²) in [6.45, 7) is 2.78. The van der Waals surface area contributed by atoms with E-state index in [9.17, 15) is 0 Å². The molecule has 3 rings (SSSR count). The lowest BCUT2D eigenvalue weighted by Crippen LogP contribution is -2.15. The van der Waals surface area contributed by atoms with Crippen molar-refractivity contribution >= 4 is 0 Å². The van der Waals surface area contributed by atoms with Gasteiger partial charge in [-0.3, -0.25) is 0 Å². The van der Waals surface area contributed by atoms with Gasteiger partial charge in [0.05, 0.1) is 5.69 Å². The van der Waals surface area contributed by atoms with E-state index in [1.54, 1.807) is 6.26 Å². The van der Waals surface area contributed by atoms with Crippen LogP contribution in [-0.4, -0.2) is 11.0 Å². The lowest BCUT2D eigenvalue weighted by Gasteiger charge is -2.00. The Morgan fingerprint density at radius 1 is 1.33 bits per heavy atom. The molecule has 4 heteroatoms. The van der Waals surface area contributed by atoms with Crippen LogP contribution >= 0.6 is 0 Å². The van der Waals surface area contributed by atoms with Gasteiger partial charge in [-0.15, -0.1) is 0 Å². The Bertz CT molecular complexity index is 515. The second kappa shape index (κ2) is 4.82. The fraction of sp³-hybridized carbons (Fsp3) is 0.357. The quantitative estimate of drug-likeness (QED) is 0.878. The van der Waals surface area contributed by atoms with Crippen molar-refractivity contribution in [1.29, 1.82) is 0 Å². The molecule has 0 bridgehead atoms. The van der Waals surface area contributed by atoms with E-state index in [-0.39, 0.29) is 0 Å². The van der Waals surface area contributed by atoms with Crippen molar-refractivity contribution in [3.8, 4) is 11.8 Å². The average Bonchev–Trinajstić information content (AvgIpc) is 3.10. The first-order valence-electron chi connectivity index (χ1n) is 6.22. The van der Waals surface area contributed by atoms with Gasteiger partial charge in [-0.25, -0.2) is 0 Å². The molecule has 1 heterocycles. The molecule has 1 aliphatic rings. The summed E-state index contributed by atoms with van der Waals surface area (Å²) in [7, 11) is 0. The van der Waals surface area contributed by atoms with Gasteiger partial charge in [-0.1, -0.05) is 17.7 Å². The van der Waals surface area contributed by atoms with Gasteiger partial charge in [0.1, 0.15) is 12.0 Å². The van der Waals surface area contributed by atoms with Crippen molar-refractivity contribution in [3.63, 3.8) is 0 Å². The molecule has 0 radical (unpaired) electrons. The highest BCUT2D eigenvalue weighted by Gasteiger charge is 2.20. The maximum absolute atomic E-state index is 5.53. The fourth-order valence-corrected chi connectivity index (χ4v) is 1.66. The molecule has 0 amide bonds. The second-order valence-corrected chi connectivity index (χ2v) is 4.68. The molecule has 1 aromatic heterocycles. The van der Waals surface area contributed by atoms with Crippen molar-refractivity contribution in [2.45, 2.75) is 32.4 Å². The first kappa shape index (κ1) is 11.3. The van der Waals surface area contributed by atoms with Gasteiger partial charge in [-0.05, 0) is 31.9 Å². The second-order valence-electron chi connectivity index (χ2n) is 4.68. The Morgan fingerprint density at radius 3 is 2.83 bits per heavy atom. The summed E-state index contributed by atoms with van der Waals surface area (Å²) < 4.78 is 10.8. The molecule has 1 aromatic carbocycles. The van der Waals surface area contributed by atoms with Crippen LogP contribution in [0.25, 0.3) is 0 Å². The molecular weight excluding hydrogens is 228 g/mol. The molecule has 94 valence electrons. The van der Waals surface area contributed by atoms with E-state index in [2.05, 4.69) is 10.3 Å². The van der Waals surface area contributed by atoms with Gasteiger partial charge in [0.25, 0.3) is 0 Å². The first-order chi connectivity index (χ1) is 8.79. The summed E-state index contributed by atoms with van der Waals surface area (Å²) in [6.07, 6.45) is 4.47. The SMILES string of the molecule is Cc1ccc(Oc2nc(CNC3CC3)co2)cc1. The summed E-state index contributed by atoms with van der Waals surface area (Å²) >= 11 is 0. The minimum atomic E-state index is 0.298. The van der Waals surface area contributed by atoms with E-state index in [1.165, 1.54) is 18.4 Å². The van der Waals surface area contributed by atoms with E-state index in [0.29, 0.717) is 12.1 Å². The Kier molecular flexibility index (Phi) is 3.02. The molecule has 4 nitrogen and oxygen atoms in total. The predicted molar refractivity (Wildman–Crippen MR) is 67.6 cm³/mol. The van der Waals surface area contributed by atoms with Crippen molar-refractivity contribution in [1.82, 2.24) is 10.3 Å². The number of nitrogens with zero attached hydrogens (tertiary/aromatic N) is 1. The van der Waals surface area contributed by atoms with Gasteiger partial charge in [0.15, 0.2) is 0 Å². The van der Waals surface area contributed by atoms with Gasteiger partial charge in [0.2, 0.25) is 0 Å². The zero-order chi connectivity index (χ0) is 12.4. The molecule has 2 aromatic rings. The van der Waals surface area contributed by atoms with Crippen LogP contribution in [0.2, 0.25) is 0 Å². The highest BCUT2D eigenvalue weighted by Crippen LogP contribution is 2.22. The van der Waals surface area contributed by atoms with Crippen LogP contribution in [0.4, 0.5) is 0 Å². The number of aryl methyl sites for hydroxylation is 1. The molecule has 0 spiro atoms. The summed E-state index contributed by atoms with van der Waals surface area (Å²) in [5.74, 6) is 0.740. The molecule has 0 saturated heterocycles. The maximum atomic E-state index is 5.53. The summed E-state index contributed by atoms with van der Waals surface area (Å²) in [5.41, 5.74) is 2.08.